The van der Waals surface area contributed by atoms with Crippen molar-refractivity contribution in [2.75, 3.05) is 13.1 Å². The lowest BCUT2D eigenvalue weighted by Gasteiger charge is -2.01. The van der Waals surface area contributed by atoms with E-state index < -0.39 is 0 Å². The van der Waals surface area contributed by atoms with Crippen molar-refractivity contribution in [1.82, 2.24) is 25.5 Å². The quantitative estimate of drug-likeness (QED) is 0.683. The zero-order chi connectivity index (χ0) is 8.39. The third-order valence-electron chi connectivity index (χ3n) is 1.78. The van der Waals surface area contributed by atoms with Gasteiger partial charge in [0.1, 0.15) is 0 Å². The molecule has 1 unspecified atom stereocenters. The van der Waals surface area contributed by atoms with Crippen molar-refractivity contribution in [2.24, 2.45) is 7.05 Å². The van der Waals surface area contributed by atoms with Gasteiger partial charge in [0.25, 0.3) is 0 Å². The van der Waals surface area contributed by atoms with Crippen LogP contribution in [0.3, 0.4) is 0 Å². The highest BCUT2D eigenvalue weighted by molar-refractivity contribution is 7.99. The average molecular weight is 185 g/mol. The van der Waals surface area contributed by atoms with Gasteiger partial charge in [-0.1, -0.05) is 11.8 Å². The van der Waals surface area contributed by atoms with Gasteiger partial charge in [-0.25, -0.2) is 0 Å². The van der Waals surface area contributed by atoms with E-state index in [1.165, 1.54) is 11.2 Å². The molecule has 1 aliphatic heterocycles. The van der Waals surface area contributed by atoms with Crippen molar-refractivity contribution < 1.29 is 0 Å². The van der Waals surface area contributed by atoms with Gasteiger partial charge in [-0.2, -0.15) is 4.80 Å². The first-order chi connectivity index (χ1) is 5.84. The second-order valence-corrected chi connectivity index (χ2v) is 4.06. The monoisotopic (exact) mass is 185 g/mol. The summed E-state index contributed by atoms with van der Waals surface area (Å²) in [4.78, 5) is 1.49. The molecule has 5 nitrogen and oxygen atoms in total. The highest BCUT2D eigenvalue weighted by Gasteiger charge is 2.17. The predicted octanol–water partition coefficient (Wildman–Crippen LogP) is -0.336. The molecule has 1 fully saturated rings. The summed E-state index contributed by atoms with van der Waals surface area (Å²) in [6.45, 7) is 2.17. The highest BCUT2D eigenvalue weighted by atomic mass is 32.2. The van der Waals surface area contributed by atoms with Gasteiger partial charge < -0.3 is 5.32 Å². The van der Waals surface area contributed by atoms with Crippen LogP contribution in [0.4, 0.5) is 0 Å². The van der Waals surface area contributed by atoms with E-state index in [9.17, 15) is 0 Å². The second-order valence-electron chi connectivity index (χ2n) is 2.79. The average Bonchev–Trinajstić information content (AvgIpc) is 2.63. The molecule has 1 aromatic heterocycles. The minimum atomic E-state index is 0.620. The lowest BCUT2D eigenvalue weighted by atomic mass is 10.4. The van der Waals surface area contributed by atoms with Crippen molar-refractivity contribution >= 4 is 11.8 Å². The first kappa shape index (κ1) is 8.00. The molecule has 66 valence electrons. The van der Waals surface area contributed by atoms with Crippen LogP contribution in [0.15, 0.2) is 5.16 Å². The van der Waals surface area contributed by atoms with Crippen LogP contribution < -0.4 is 5.32 Å². The van der Waals surface area contributed by atoms with Gasteiger partial charge in [-0.05, 0) is 18.2 Å². The minimum absolute atomic E-state index is 0.620. The van der Waals surface area contributed by atoms with Crippen LogP contribution in [-0.2, 0) is 7.05 Å². The van der Waals surface area contributed by atoms with Crippen LogP contribution in [0.2, 0.25) is 0 Å². The zero-order valence-corrected chi connectivity index (χ0v) is 7.71. The van der Waals surface area contributed by atoms with Crippen LogP contribution >= 0.6 is 11.8 Å². The van der Waals surface area contributed by atoms with Crippen LogP contribution in [0.1, 0.15) is 6.42 Å². The summed E-state index contributed by atoms with van der Waals surface area (Å²) in [5.74, 6) is 0. The fourth-order valence-corrected chi connectivity index (χ4v) is 2.18. The van der Waals surface area contributed by atoms with E-state index in [1.54, 1.807) is 18.8 Å². The number of nitrogens with one attached hydrogen (secondary N) is 1. The van der Waals surface area contributed by atoms with Crippen molar-refractivity contribution in [3.63, 3.8) is 0 Å². The van der Waals surface area contributed by atoms with E-state index in [-0.39, 0.29) is 0 Å². The summed E-state index contributed by atoms with van der Waals surface area (Å²) < 4.78 is 0. The van der Waals surface area contributed by atoms with Crippen LogP contribution in [0.25, 0.3) is 0 Å². The Morgan fingerprint density at radius 1 is 1.67 bits per heavy atom. The summed E-state index contributed by atoms with van der Waals surface area (Å²) in [7, 11) is 1.78. The largest absolute Gasteiger partial charge is 0.316 e. The lowest BCUT2D eigenvalue weighted by molar-refractivity contribution is 0.626. The Kier molecular flexibility index (Phi) is 2.27. The molecular weight excluding hydrogens is 174 g/mol. The summed E-state index contributed by atoms with van der Waals surface area (Å²) in [6.07, 6.45) is 1.20. The Bertz CT molecular complexity index is 254. The molecule has 0 spiro atoms. The highest BCUT2D eigenvalue weighted by Crippen LogP contribution is 2.22. The summed E-state index contributed by atoms with van der Waals surface area (Å²) in [5, 5.41) is 16.5. The maximum absolute atomic E-state index is 4.10. The summed E-state index contributed by atoms with van der Waals surface area (Å²) in [6, 6.07) is 0. The van der Waals surface area contributed by atoms with Gasteiger partial charge in [0.2, 0.25) is 5.16 Å². The number of rotatable bonds is 2. The van der Waals surface area contributed by atoms with Crippen molar-refractivity contribution in [2.45, 2.75) is 16.8 Å². The van der Waals surface area contributed by atoms with E-state index in [1.807, 2.05) is 0 Å². The van der Waals surface area contributed by atoms with E-state index in [2.05, 4.69) is 20.7 Å². The van der Waals surface area contributed by atoms with E-state index in [0.29, 0.717) is 5.25 Å². The van der Waals surface area contributed by atoms with Gasteiger partial charge in [0.05, 0.1) is 7.05 Å². The van der Waals surface area contributed by atoms with Crippen molar-refractivity contribution in [3.8, 4) is 0 Å². The third-order valence-corrected chi connectivity index (χ3v) is 2.89. The molecule has 1 saturated heterocycles. The minimum Gasteiger partial charge on any atom is -0.316 e. The number of aromatic nitrogens is 4. The van der Waals surface area contributed by atoms with Crippen molar-refractivity contribution in [1.29, 1.82) is 0 Å². The molecule has 0 bridgehead atoms. The SMILES string of the molecule is Cn1nnc(SC2CCNC2)n1. The van der Waals surface area contributed by atoms with E-state index in [4.69, 9.17) is 0 Å². The maximum Gasteiger partial charge on any atom is 0.231 e. The number of tetrazole rings is 1. The second kappa shape index (κ2) is 3.40. The lowest BCUT2D eigenvalue weighted by Crippen LogP contribution is -2.10. The van der Waals surface area contributed by atoms with Gasteiger partial charge in [-0.3, -0.25) is 0 Å². The molecule has 1 aliphatic rings. The molecule has 1 aromatic rings. The van der Waals surface area contributed by atoms with E-state index >= 15 is 0 Å². The third kappa shape index (κ3) is 1.75. The standard InChI is InChI=1S/C6H11N5S/c1-11-9-6(8-10-11)12-5-2-3-7-4-5/h5,7H,2-4H2,1H3. The van der Waals surface area contributed by atoms with Gasteiger partial charge in [0, 0.05) is 11.8 Å². The number of hydrogen-bond acceptors (Lipinski definition) is 5. The Morgan fingerprint density at radius 3 is 3.17 bits per heavy atom. The number of aryl methyl sites for hydroxylation is 1. The normalized spacial score (nSPS) is 23.2. The fraction of sp³-hybridized carbons (Fsp3) is 0.833. The molecule has 0 saturated carbocycles. The topological polar surface area (TPSA) is 55.6 Å². The molecular formula is C6H11N5S. The van der Waals surface area contributed by atoms with Crippen molar-refractivity contribution in [3.05, 3.63) is 0 Å². The fourth-order valence-electron chi connectivity index (χ4n) is 1.19. The Labute approximate surface area is 74.9 Å². The Balaban J connectivity index is 1.94. The van der Waals surface area contributed by atoms with Gasteiger partial charge in [0.15, 0.2) is 0 Å². The van der Waals surface area contributed by atoms with E-state index in [0.717, 1.165) is 18.2 Å². The molecule has 0 amide bonds. The van der Waals surface area contributed by atoms with Crippen LogP contribution in [0.5, 0.6) is 0 Å². The van der Waals surface area contributed by atoms with Crippen LogP contribution in [0, 0.1) is 0 Å². The summed E-state index contributed by atoms with van der Waals surface area (Å²) in [5.41, 5.74) is 0. The molecule has 2 heterocycles. The van der Waals surface area contributed by atoms with Gasteiger partial charge >= 0.3 is 0 Å². The number of thioether (sulfide) groups is 1. The smallest absolute Gasteiger partial charge is 0.231 e. The molecule has 6 heteroatoms. The molecule has 0 aromatic carbocycles. The zero-order valence-electron chi connectivity index (χ0n) is 6.90. The number of nitrogens with zero attached hydrogens (tertiary/aromatic N) is 4. The predicted molar refractivity (Wildman–Crippen MR) is 45.9 cm³/mol. The molecule has 2 rings (SSSR count). The van der Waals surface area contributed by atoms with Crippen LogP contribution in [-0.4, -0.2) is 38.5 Å². The first-order valence-corrected chi connectivity index (χ1v) is 4.84. The van der Waals surface area contributed by atoms with Gasteiger partial charge in [-0.15, -0.1) is 10.2 Å². The summed E-state index contributed by atoms with van der Waals surface area (Å²) >= 11 is 1.70. The molecule has 1 N–H and O–H groups in total. The Hall–Kier alpha value is -0.620. The molecule has 0 radical (unpaired) electrons. The molecule has 1 atom stereocenters. The molecule has 0 aliphatic carbocycles. The maximum atomic E-state index is 4.10. The number of hydrogen-bond donors (Lipinski definition) is 1. The molecule has 12 heavy (non-hydrogen) atoms. The first-order valence-electron chi connectivity index (χ1n) is 3.96. The Morgan fingerprint density at radius 2 is 2.58 bits per heavy atom.